The van der Waals surface area contributed by atoms with Crippen molar-refractivity contribution in [1.29, 1.82) is 0 Å². The van der Waals surface area contributed by atoms with E-state index in [0.29, 0.717) is 22.0 Å². The molecule has 0 aromatic carbocycles. The van der Waals surface area contributed by atoms with Gasteiger partial charge in [0.15, 0.2) is 0 Å². The zero-order valence-electron chi connectivity index (χ0n) is 21.2. The minimum absolute atomic E-state index is 0.0509. The Kier molecular flexibility index (Phi) is 7.36. The van der Waals surface area contributed by atoms with E-state index in [4.69, 9.17) is 4.74 Å². The summed E-state index contributed by atoms with van der Waals surface area (Å²) >= 11 is 1.05. The molecule has 5 rings (SSSR count). The normalized spacial score (nSPS) is 27.5. The van der Waals surface area contributed by atoms with Gasteiger partial charge in [0.2, 0.25) is 10.0 Å². The summed E-state index contributed by atoms with van der Waals surface area (Å²) in [6, 6.07) is 1.82. The van der Waals surface area contributed by atoms with Crippen molar-refractivity contribution >= 4 is 37.4 Å². The molecule has 0 amide bonds. The van der Waals surface area contributed by atoms with Crippen LogP contribution in [0.3, 0.4) is 0 Å². The van der Waals surface area contributed by atoms with Crippen LogP contribution in [0.15, 0.2) is 6.07 Å². The van der Waals surface area contributed by atoms with Crippen LogP contribution in [-0.2, 0) is 16.4 Å². The molecule has 4 heterocycles. The van der Waals surface area contributed by atoms with Gasteiger partial charge in [0.1, 0.15) is 10.6 Å². The van der Waals surface area contributed by atoms with Gasteiger partial charge in [0, 0.05) is 42.5 Å². The molecular formula is C24H34F3N5O3S2. The summed E-state index contributed by atoms with van der Waals surface area (Å²) < 4.78 is 70.1. The highest BCUT2D eigenvalue weighted by Crippen LogP contribution is 2.44. The highest BCUT2D eigenvalue weighted by Gasteiger charge is 2.44. The molecule has 1 saturated carbocycles. The smallest absolute Gasteiger partial charge is 0.393 e. The van der Waals surface area contributed by atoms with Gasteiger partial charge in [-0.25, -0.2) is 13.1 Å². The Morgan fingerprint density at radius 1 is 1.16 bits per heavy atom. The van der Waals surface area contributed by atoms with E-state index in [9.17, 15) is 21.6 Å². The number of fused-ring (bicyclic) bond motifs is 1. The van der Waals surface area contributed by atoms with Crippen molar-refractivity contribution in [3.8, 4) is 6.01 Å². The average Bonchev–Trinajstić information content (AvgIpc) is 3.51. The number of sulfonamides is 1. The van der Waals surface area contributed by atoms with Gasteiger partial charge >= 0.3 is 12.2 Å². The second-order valence-corrected chi connectivity index (χ2v) is 13.9. The molecule has 37 heavy (non-hydrogen) atoms. The second kappa shape index (κ2) is 10.1. The molecule has 1 unspecified atom stereocenters. The van der Waals surface area contributed by atoms with Crippen LogP contribution >= 0.6 is 11.3 Å². The summed E-state index contributed by atoms with van der Waals surface area (Å²) in [7, 11) is -1.69. The summed E-state index contributed by atoms with van der Waals surface area (Å²) in [6.07, 6.45) is 1.90. The minimum Gasteiger partial charge on any atom is -0.467 e. The third-order valence-corrected chi connectivity index (χ3v) is 9.75. The molecule has 1 aliphatic carbocycles. The topological polar surface area (TPSA) is 87.7 Å². The van der Waals surface area contributed by atoms with Gasteiger partial charge < -0.3 is 14.5 Å². The Bertz CT molecular complexity index is 1230. The Labute approximate surface area is 219 Å². The SMILES string of the molecule is COc1nc(N2CCC3(CCN(C[C@H]4CC[C@H](NS(C)(=O)=O)CC4)C3)C2)c2cc(CC(F)(F)F)sc2n1. The van der Waals surface area contributed by atoms with Crippen LogP contribution in [0.25, 0.3) is 10.2 Å². The number of hydrogen-bond acceptors (Lipinski definition) is 8. The van der Waals surface area contributed by atoms with E-state index in [-0.39, 0.29) is 22.3 Å². The zero-order valence-corrected chi connectivity index (χ0v) is 22.8. The number of anilines is 1. The maximum Gasteiger partial charge on any atom is 0.393 e. The Morgan fingerprint density at radius 2 is 1.89 bits per heavy atom. The van der Waals surface area contributed by atoms with Crippen molar-refractivity contribution in [2.75, 3.05) is 51.0 Å². The van der Waals surface area contributed by atoms with Gasteiger partial charge in [-0.05, 0) is 57.1 Å². The fourth-order valence-electron chi connectivity index (χ4n) is 6.32. The van der Waals surface area contributed by atoms with Gasteiger partial charge in [-0.3, -0.25) is 0 Å². The van der Waals surface area contributed by atoms with Gasteiger partial charge in [0.25, 0.3) is 0 Å². The molecule has 1 atom stereocenters. The second-order valence-electron chi connectivity index (χ2n) is 11.0. The predicted molar refractivity (Wildman–Crippen MR) is 138 cm³/mol. The van der Waals surface area contributed by atoms with Crippen LogP contribution in [0, 0.1) is 11.3 Å². The monoisotopic (exact) mass is 561 g/mol. The summed E-state index contributed by atoms with van der Waals surface area (Å²) in [6.45, 7) is 4.68. The minimum atomic E-state index is -4.27. The van der Waals surface area contributed by atoms with Crippen LogP contribution in [0.5, 0.6) is 6.01 Å². The van der Waals surface area contributed by atoms with Gasteiger partial charge in [-0.1, -0.05) is 0 Å². The lowest BCUT2D eigenvalue weighted by molar-refractivity contribution is -0.126. The molecule has 3 aliphatic rings. The van der Waals surface area contributed by atoms with E-state index in [2.05, 4.69) is 24.5 Å². The van der Waals surface area contributed by atoms with E-state index >= 15 is 0 Å². The highest BCUT2D eigenvalue weighted by molar-refractivity contribution is 7.88. The maximum atomic E-state index is 13.0. The van der Waals surface area contributed by atoms with Crippen LogP contribution in [0.1, 0.15) is 43.4 Å². The van der Waals surface area contributed by atoms with Crippen LogP contribution in [0.4, 0.5) is 19.0 Å². The number of methoxy groups -OCH3 is 1. The first-order valence-electron chi connectivity index (χ1n) is 12.8. The summed E-state index contributed by atoms with van der Waals surface area (Å²) in [5, 5.41) is 0.663. The van der Waals surface area contributed by atoms with Gasteiger partial charge in [0.05, 0.1) is 25.2 Å². The Hall–Kier alpha value is -1.70. The quantitative estimate of drug-likeness (QED) is 0.550. The summed E-state index contributed by atoms with van der Waals surface area (Å²) in [5.41, 5.74) is 0.143. The van der Waals surface area contributed by atoms with Gasteiger partial charge in [-0.15, -0.1) is 11.3 Å². The lowest BCUT2D eigenvalue weighted by atomic mass is 9.85. The average molecular weight is 562 g/mol. The third kappa shape index (κ3) is 6.48. The van der Waals surface area contributed by atoms with Crippen molar-refractivity contribution in [1.82, 2.24) is 19.6 Å². The fraction of sp³-hybridized carbons (Fsp3) is 0.750. The van der Waals surface area contributed by atoms with E-state index in [1.165, 1.54) is 13.4 Å². The van der Waals surface area contributed by atoms with Crippen molar-refractivity contribution < 1.29 is 26.3 Å². The fourth-order valence-corrected chi connectivity index (χ4v) is 8.20. The number of likely N-dealkylation sites (tertiary alicyclic amines) is 1. The molecule has 13 heteroatoms. The van der Waals surface area contributed by atoms with Gasteiger partial charge in [-0.2, -0.15) is 23.1 Å². The molecule has 2 aromatic rings. The van der Waals surface area contributed by atoms with Crippen LogP contribution in [-0.4, -0.2) is 81.6 Å². The van der Waals surface area contributed by atoms with E-state index < -0.39 is 22.6 Å². The van der Waals surface area contributed by atoms with Crippen LogP contribution in [0.2, 0.25) is 0 Å². The molecule has 0 bridgehead atoms. The molecule has 2 aromatic heterocycles. The third-order valence-electron chi connectivity index (χ3n) is 7.96. The summed E-state index contributed by atoms with van der Waals surface area (Å²) in [5.74, 6) is 1.24. The maximum absolute atomic E-state index is 13.0. The number of halogens is 3. The molecule has 2 saturated heterocycles. The number of hydrogen-bond donors (Lipinski definition) is 1. The number of aromatic nitrogens is 2. The number of rotatable bonds is 7. The standard InChI is InChI=1S/C24H34F3N5O3S2/c1-35-22-28-20(19-11-18(12-24(25,26)27)36-21(19)29-22)32-10-8-23(15-32)7-9-31(14-23)13-16-3-5-17(6-4-16)30-37(2,33)34/h11,16-17,30H,3-10,12-15H2,1-2H3/t16-,17-,23?. The molecule has 2 aliphatic heterocycles. The molecule has 206 valence electrons. The van der Waals surface area contributed by atoms with Crippen molar-refractivity contribution in [3.63, 3.8) is 0 Å². The lowest BCUT2D eigenvalue weighted by Gasteiger charge is -2.32. The van der Waals surface area contributed by atoms with Crippen LogP contribution < -0.4 is 14.4 Å². The van der Waals surface area contributed by atoms with E-state index in [0.717, 1.165) is 82.6 Å². The Morgan fingerprint density at radius 3 is 2.57 bits per heavy atom. The highest BCUT2D eigenvalue weighted by atomic mass is 32.2. The number of thiophene rings is 1. The molecular weight excluding hydrogens is 527 g/mol. The first-order valence-corrected chi connectivity index (χ1v) is 15.5. The first kappa shape index (κ1) is 26.9. The van der Waals surface area contributed by atoms with Crippen molar-refractivity contribution in [3.05, 3.63) is 10.9 Å². The first-order chi connectivity index (χ1) is 17.4. The number of nitrogens with zero attached hydrogens (tertiary/aromatic N) is 4. The zero-order chi connectivity index (χ0) is 26.4. The molecule has 1 spiro atoms. The number of alkyl halides is 3. The number of nitrogens with one attached hydrogen (secondary N) is 1. The van der Waals surface area contributed by atoms with E-state index in [1.54, 1.807) is 6.07 Å². The largest absolute Gasteiger partial charge is 0.467 e. The van der Waals surface area contributed by atoms with Crippen molar-refractivity contribution in [2.45, 2.75) is 57.2 Å². The number of ether oxygens (including phenoxy) is 1. The van der Waals surface area contributed by atoms with Crippen molar-refractivity contribution in [2.24, 2.45) is 11.3 Å². The molecule has 3 fully saturated rings. The Balaban J connectivity index is 1.23. The molecule has 1 N–H and O–H groups in total. The molecule has 8 nitrogen and oxygen atoms in total. The molecule has 0 radical (unpaired) electrons. The predicted octanol–water partition coefficient (Wildman–Crippen LogP) is 3.81. The van der Waals surface area contributed by atoms with E-state index in [1.807, 2.05) is 0 Å². The lowest BCUT2D eigenvalue weighted by Crippen LogP contribution is -2.39. The summed E-state index contributed by atoms with van der Waals surface area (Å²) in [4.78, 5) is 14.4.